The highest BCUT2D eigenvalue weighted by molar-refractivity contribution is 5.82. The van der Waals surface area contributed by atoms with Gasteiger partial charge >= 0.3 is 24.1 Å². The minimum atomic E-state index is -4.80. The molecule has 0 radical (unpaired) electrons. The monoisotopic (exact) mass is 486 g/mol. The van der Waals surface area contributed by atoms with Gasteiger partial charge in [-0.05, 0) is 31.3 Å². The fourth-order valence-electron chi connectivity index (χ4n) is 3.08. The van der Waals surface area contributed by atoms with Gasteiger partial charge in [0.2, 0.25) is 0 Å². The number of amides is 1. The van der Waals surface area contributed by atoms with Crippen molar-refractivity contribution in [1.82, 2.24) is 15.1 Å². The molecular formula is C21H25F3N4O6. The average molecular weight is 486 g/mol. The van der Waals surface area contributed by atoms with Crippen molar-refractivity contribution < 1.29 is 37.2 Å². The van der Waals surface area contributed by atoms with Gasteiger partial charge in [-0.15, -0.1) is 4.68 Å². The number of alkyl carbamates (subject to hydrolysis) is 1. The molecule has 0 saturated heterocycles. The van der Waals surface area contributed by atoms with E-state index < -0.39 is 53.7 Å². The van der Waals surface area contributed by atoms with Crippen molar-refractivity contribution in [2.24, 2.45) is 7.05 Å². The predicted molar refractivity (Wildman–Crippen MR) is 113 cm³/mol. The zero-order valence-corrected chi connectivity index (χ0v) is 19.0. The van der Waals surface area contributed by atoms with E-state index in [1.807, 2.05) is 0 Å². The third-order valence-corrected chi connectivity index (χ3v) is 4.34. The van der Waals surface area contributed by atoms with E-state index in [2.05, 4.69) is 15.2 Å². The average Bonchev–Trinajstić information content (AvgIpc) is 2.99. The van der Waals surface area contributed by atoms with Gasteiger partial charge in [0.25, 0.3) is 0 Å². The van der Waals surface area contributed by atoms with Gasteiger partial charge in [0, 0.05) is 12.8 Å². The van der Waals surface area contributed by atoms with Crippen molar-refractivity contribution in [2.75, 3.05) is 6.61 Å². The Balaban J connectivity index is 2.41. The molecule has 1 amide bonds. The second kappa shape index (κ2) is 10.5. The van der Waals surface area contributed by atoms with Crippen molar-refractivity contribution in [3.63, 3.8) is 0 Å². The van der Waals surface area contributed by atoms with E-state index in [0.29, 0.717) is 0 Å². The summed E-state index contributed by atoms with van der Waals surface area (Å²) in [5.41, 5.74) is -0.0158. The van der Waals surface area contributed by atoms with Crippen LogP contribution >= 0.6 is 0 Å². The number of carbonyl (C=O) groups excluding carboxylic acids is 2. The molecule has 0 aliphatic carbocycles. The van der Waals surface area contributed by atoms with Crippen molar-refractivity contribution >= 4 is 17.9 Å². The number of alkyl halides is 3. The van der Waals surface area contributed by atoms with Crippen LogP contribution in [-0.2, 0) is 34.2 Å². The van der Waals surface area contributed by atoms with Crippen molar-refractivity contribution in [2.45, 2.75) is 51.4 Å². The molecule has 1 aromatic carbocycles. The highest BCUT2D eigenvalue weighted by Gasteiger charge is 2.36. The highest BCUT2D eigenvalue weighted by Crippen LogP contribution is 2.26. The molecular weight excluding hydrogens is 461 g/mol. The van der Waals surface area contributed by atoms with Crippen LogP contribution in [0.25, 0.3) is 0 Å². The summed E-state index contributed by atoms with van der Waals surface area (Å²) in [6.45, 7) is 2.76. The summed E-state index contributed by atoms with van der Waals surface area (Å²) < 4.78 is 48.1. The highest BCUT2D eigenvalue weighted by atomic mass is 19.4. The number of carbonyl (C=O) groups is 2. The smallest absolute Gasteiger partial charge is 0.422 e. The summed E-state index contributed by atoms with van der Waals surface area (Å²) in [6.07, 6.45) is -6.29. The Morgan fingerprint density at radius 1 is 1.21 bits per heavy atom. The molecule has 1 heterocycles. The molecule has 1 N–H and O–H groups in total. The van der Waals surface area contributed by atoms with Gasteiger partial charge < -0.3 is 24.9 Å². The van der Waals surface area contributed by atoms with Crippen LogP contribution in [0.1, 0.15) is 37.6 Å². The third kappa shape index (κ3) is 8.05. The van der Waals surface area contributed by atoms with Gasteiger partial charge in [-0.2, -0.15) is 13.2 Å². The first-order valence-electron chi connectivity index (χ1n) is 10.1. The number of esters is 1. The van der Waals surface area contributed by atoms with E-state index >= 15 is 0 Å². The molecule has 34 heavy (non-hydrogen) atoms. The molecule has 0 bridgehead atoms. The summed E-state index contributed by atoms with van der Waals surface area (Å²) in [5.74, 6) is -1.89. The SMILES string of the molecule is Cn1nc(Cc2ccccc2)c(C[C@H](NC(=O)OC(C)(C)C)C(=O)OCC(F)(F)F)c1[N+](=O)[O-]. The number of nitrogens with one attached hydrogen (secondary N) is 1. The molecule has 0 spiro atoms. The van der Waals surface area contributed by atoms with Crippen LogP contribution in [0.2, 0.25) is 0 Å². The molecule has 186 valence electrons. The molecule has 13 heteroatoms. The zero-order valence-electron chi connectivity index (χ0n) is 19.0. The summed E-state index contributed by atoms with van der Waals surface area (Å²) >= 11 is 0. The summed E-state index contributed by atoms with van der Waals surface area (Å²) in [7, 11) is 1.33. The second-order valence-corrected chi connectivity index (χ2v) is 8.42. The maximum Gasteiger partial charge on any atom is 0.422 e. The van der Waals surface area contributed by atoms with Crippen LogP contribution in [0.5, 0.6) is 0 Å². The molecule has 0 fully saturated rings. The van der Waals surface area contributed by atoms with E-state index in [1.165, 1.54) is 7.05 Å². The first-order chi connectivity index (χ1) is 15.7. The molecule has 2 rings (SSSR count). The fraction of sp³-hybridized carbons (Fsp3) is 0.476. The first-order valence-corrected chi connectivity index (χ1v) is 10.1. The van der Waals surface area contributed by atoms with Gasteiger partial charge in [-0.25, -0.2) is 9.59 Å². The van der Waals surface area contributed by atoms with Crippen molar-refractivity contribution in [3.05, 3.63) is 57.3 Å². The molecule has 0 unspecified atom stereocenters. The number of benzene rings is 1. The summed E-state index contributed by atoms with van der Waals surface area (Å²) in [5, 5.41) is 18.0. The zero-order chi connectivity index (χ0) is 25.7. The van der Waals surface area contributed by atoms with Gasteiger partial charge in [-0.1, -0.05) is 35.4 Å². The predicted octanol–water partition coefficient (Wildman–Crippen LogP) is 3.46. The molecule has 2 aromatic rings. The molecule has 1 aromatic heterocycles. The summed E-state index contributed by atoms with van der Waals surface area (Å²) in [6, 6.07) is 7.12. The Hall–Kier alpha value is -3.64. The largest absolute Gasteiger partial charge is 0.454 e. The van der Waals surface area contributed by atoms with Crippen LogP contribution in [-0.4, -0.2) is 51.2 Å². The van der Waals surface area contributed by atoms with E-state index in [9.17, 15) is 32.9 Å². The third-order valence-electron chi connectivity index (χ3n) is 4.34. The molecule has 1 atom stereocenters. The summed E-state index contributed by atoms with van der Waals surface area (Å²) in [4.78, 5) is 35.7. The quantitative estimate of drug-likeness (QED) is 0.344. The van der Waals surface area contributed by atoms with E-state index in [0.717, 1.165) is 10.2 Å². The maximum absolute atomic E-state index is 12.6. The van der Waals surface area contributed by atoms with E-state index in [-0.39, 0.29) is 17.7 Å². The number of nitrogens with zero attached hydrogens (tertiary/aromatic N) is 3. The number of halogens is 3. The Morgan fingerprint density at radius 2 is 1.82 bits per heavy atom. The Morgan fingerprint density at radius 3 is 2.35 bits per heavy atom. The van der Waals surface area contributed by atoms with Crippen LogP contribution in [0, 0.1) is 10.1 Å². The van der Waals surface area contributed by atoms with Crippen molar-refractivity contribution in [3.8, 4) is 0 Å². The number of aryl methyl sites for hydroxylation is 1. The Labute approximate surface area is 193 Å². The van der Waals surface area contributed by atoms with Crippen LogP contribution < -0.4 is 5.32 Å². The maximum atomic E-state index is 12.6. The van der Waals surface area contributed by atoms with Crippen LogP contribution in [0.3, 0.4) is 0 Å². The lowest BCUT2D eigenvalue weighted by Crippen LogP contribution is -2.46. The normalized spacial score (nSPS) is 12.7. The number of nitro groups is 1. The Bertz CT molecular complexity index is 1030. The minimum absolute atomic E-state index is 0.0265. The number of hydrogen-bond donors (Lipinski definition) is 1. The van der Waals surface area contributed by atoms with Gasteiger partial charge in [-0.3, -0.25) is 0 Å². The van der Waals surface area contributed by atoms with E-state index in [1.54, 1.807) is 51.1 Å². The molecule has 0 saturated carbocycles. The molecule has 10 nitrogen and oxygen atoms in total. The number of aromatic nitrogens is 2. The lowest BCUT2D eigenvalue weighted by molar-refractivity contribution is -0.393. The first kappa shape index (κ1) is 26.6. The lowest BCUT2D eigenvalue weighted by atomic mass is 10.0. The molecule has 0 aliphatic heterocycles. The minimum Gasteiger partial charge on any atom is -0.454 e. The Kier molecular flexibility index (Phi) is 8.24. The second-order valence-electron chi connectivity index (χ2n) is 8.42. The van der Waals surface area contributed by atoms with Crippen LogP contribution in [0.15, 0.2) is 30.3 Å². The fourth-order valence-corrected chi connectivity index (χ4v) is 3.08. The molecule has 0 aliphatic rings. The van der Waals surface area contributed by atoms with E-state index in [4.69, 9.17) is 4.74 Å². The lowest BCUT2D eigenvalue weighted by Gasteiger charge is -2.23. The standard InChI is InChI=1S/C21H25F3N4O6/c1-20(2,3)34-19(30)25-16(18(29)33-12-21(22,23)24)11-14-15(10-13-8-6-5-7-9-13)26-27(4)17(14)28(31)32/h5-9,16H,10-12H2,1-4H3,(H,25,30)/t16-/m0/s1. The van der Waals surface area contributed by atoms with Gasteiger partial charge in [0.1, 0.15) is 18.7 Å². The number of hydrogen-bond acceptors (Lipinski definition) is 7. The number of ether oxygens (including phenoxy) is 2. The number of rotatable bonds is 8. The van der Waals surface area contributed by atoms with Crippen LogP contribution in [0.4, 0.5) is 23.8 Å². The van der Waals surface area contributed by atoms with Gasteiger partial charge in [0.05, 0.1) is 11.3 Å². The van der Waals surface area contributed by atoms with Gasteiger partial charge in [0.15, 0.2) is 6.61 Å². The van der Waals surface area contributed by atoms with Crippen molar-refractivity contribution in [1.29, 1.82) is 0 Å². The topological polar surface area (TPSA) is 126 Å².